The molecule has 1 aromatic carbocycles. The number of aliphatic hydroxyl groups excluding tert-OH is 1. The lowest BCUT2D eigenvalue weighted by Crippen LogP contribution is -2.33. The summed E-state index contributed by atoms with van der Waals surface area (Å²) >= 11 is 0. The van der Waals surface area contributed by atoms with Gasteiger partial charge in [0, 0.05) is 18.3 Å². The molecule has 1 aliphatic rings. The van der Waals surface area contributed by atoms with E-state index in [4.69, 9.17) is 9.84 Å². The topological polar surface area (TPSA) is 87.7 Å². The number of benzene rings is 1. The molecule has 0 saturated heterocycles. The number of rotatable bonds is 3. The van der Waals surface area contributed by atoms with Crippen molar-refractivity contribution >= 4 is 15.7 Å². The second-order valence-corrected chi connectivity index (χ2v) is 5.83. The minimum Gasteiger partial charge on any atom is -0.490 e. The average Bonchev–Trinajstić information content (AvgIpc) is 2.43. The first kappa shape index (κ1) is 13.1. The molecule has 1 heterocycles. The maximum Gasteiger partial charge on any atom is 0.244 e. The summed E-state index contributed by atoms with van der Waals surface area (Å²) in [5.74, 6) is 0.329. The first-order valence-electron chi connectivity index (χ1n) is 5.67. The Morgan fingerprint density at radius 2 is 2.33 bits per heavy atom. The molecule has 1 aromatic rings. The second kappa shape index (κ2) is 5.13. The molecule has 0 saturated carbocycles. The Balaban J connectivity index is 2.35. The van der Waals surface area contributed by atoms with Crippen molar-refractivity contribution in [2.24, 2.45) is 0 Å². The summed E-state index contributed by atoms with van der Waals surface area (Å²) in [5.41, 5.74) is 0.715. The van der Waals surface area contributed by atoms with E-state index in [-0.39, 0.29) is 24.2 Å². The molecule has 1 atom stereocenters. The van der Waals surface area contributed by atoms with Gasteiger partial charge in [-0.3, -0.25) is 0 Å². The minimum absolute atomic E-state index is 0.00876. The molecule has 0 radical (unpaired) electrons. The van der Waals surface area contributed by atoms with Gasteiger partial charge in [0.1, 0.15) is 17.3 Å². The van der Waals surface area contributed by atoms with Crippen molar-refractivity contribution in [1.82, 2.24) is 4.72 Å². The Kier molecular flexibility index (Phi) is 3.74. The lowest BCUT2D eigenvalue weighted by atomic mass is 10.3. The molecule has 1 aliphatic heterocycles. The van der Waals surface area contributed by atoms with E-state index in [1.165, 1.54) is 6.07 Å². The number of fused-ring (bicyclic) bond motifs is 1. The summed E-state index contributed by atoms with van der Waals surface area (Å²) < 4.78 is 32.0. The maximum atomic E-state index is 12.0. The van der Waals surface area contributed by atoms with Gasteiger partial charge in [0.25, 0.3) is 0 Å². The molecule has 0 aliphatic carbocycles. The van der Waals surface area contributed by atoms with Crippen LogP contribution in [0.4, 0.5) is 5.69 Å². The summed E-state index contributed by atoms with van der Waals surface area (Å²) in [5, 5.41) is 11.7. The molecule has 0 fully saturated rings. The summed E-state index contributed by atoms with van der Waals surface area (Å²) in [4.78, 5) is 0.140. The molecule has 7 heteroatoms. The first-order chi connectivity index (χ1) is 8.53. The van der Waals surface area contributed by atoms with Gasteiger partial charge in [0.05, 0.1) is 12.6 Å². The quantitative estimate of drug-likeness (QED) is 0.729. The molecule has 0 bridgehead atoms. The molecule has 2 rings (SSSR count). The van der Waals surface area contributed by atoms with Gasteiger partial charge in [-0.25, -0.2) is 13.1 Å². The fourth-order valence-electron chi connectivity index (χ4n) is 1.73. The smallest absolute Gasteiger partial charge is 0.244 e. The molecule has 0 unspecified atom stereocenters. The molecular formula is C11H16N2O4S. The summed E-state index contributed by atoms with van der Waals surface area (Å²) in [6.45, 7) is 2.44. The lowest BCUT2D eigenvalue weighted by Gasteiger charge is -2.09. The van der Waals surface area contributed by atoms with Crippen LogP contribution in [0.2, 0.25) is 0 Å². The molecule has 18 heavy (non-hydrogen) atoms. The highest BCUT2D eigenvalue weighted by Crippen LogP contribution is 2.29. The molecule has 100 valence electrons. The fraction of sp³-hybridized carbons (Fsp3) is 0.455. The lowest BCUT2D eigenvalue weighted by molar-refractivity contribution is 0.288. The SMILES string of the molecule is C[C@H]1COc2cc(NCCO)ccc2S(=O)(=O)N1. The standard InChI is InChI=1S/C11H16N2O4S/c1-8-7-17-10-6-9(12-4-5-14)2-3-11(10)18(15,16)13-8/h2-3,6,8,12-14H,4-5,7H2,1H3/t8-/m0/s1. The largest absolute Gasteiger partial charge is 0.490 e. The van der Waals surface area contributed by atoms with Crippen LogP contribution in [0.1, 0.15) is 6.92 Å². The van der Waals surface area contributed by atoms with Gasteiger partial charge in [-0.2, -0.15) is 0 Å². The third-order valence-electron chi connectivity index (χ3n) is 2.52. The van der Waals surface area contributed by atoms with Crippen LogP contribution in [0.3, 0.4) is 0 Å². The van der Waals surface area contributed by atoms with Crippen LogP contribution in [-0.2, 0) is 10.0 Å². The fourth-order valence-corrected chi connectivity index (χ4v) is 3.08. The molecule has 3 N–H and O–H groups in total. The van der Waals surface area contributed by atoms with Gasteiger partial charge in [0.2, 0.25) is 10.0 Å². The third kappa shape index (κ3) is 2.74. The second-order valence-electron chi connectivity index (χ2n) is 4.15. The number of ether oxygens (including phenoxy) is 1. The van der Waals surface area contributed by atoms with Crippen LogP contribution in [-0.4, -0.2) is 39.3 Å². The number of hydrogen-bond donors (Lipinski definition) is 3. The zero-order valence-corrected chi connectivity index (χ0v) is 10.8. The van der Waals surface area contributed by atoms with Gasteiger partial charge in [-0.1, -0.05) is 0 Å². The highest BCUT2D eigenvalue weighted by molar-refractivity contribution is 7.89. The number of aliphatic hydroxyl groups is 1. The van der Waals surface area contributed by atoms with E-state index in [0.29, 0.717) is 18.0 Å². The predicted molar refractivity (Wildman–Crippen MR) is 67.3 cm³/mol. The van der Waals surface area contributed by atoms with Gasteiger partial charge in [0.15, 0.2) is 0 Å². The number of sulfonamides is 1. The van der Waals surface area contributed by atoms with Crippen LogP contribution in [0.15, 0.2) is 23.1 Å². The Hall–Kier alpha value is -1.31. The van der Waals surface area contributed by atoms with Crippen molar-refractivity contribution in [1.29, 1.82) is 0 Å². The van der Waals surface area contributed by atoms with Crippen molar-refractivity contribution in [3.8, 4) is 5.75 Å². The molecule has 0 amide bonds. The van der Waals surface area contributed by atoms with Crippen molar-refractivity contribution in [3.63, 3.8) is 0 Å². The monoisotopic (exact) mass is 272 g/mol. The minimum atomic E-state index is -3.52. The zero-order chi connectivity index (χ0) is 13.2. The van der Waals surface area contributed by atoms with Crippen molar-refractivity contribution in [3.05, 3.63) is 18.2 Å². The van der Waals surface area contributed by atoms with Gasteiger partial charge >= 0.3 is 0 Å². The molecule has 0 spiro atoms. The maximum absolute atomic E-state index is 12.0. The van der Waals surface area contributed by atoms with E-state index < -0.39 is 10.0 Å². The summed E-state index contributed by atoms with van der Waals surface area (Å²) in [7, 11) is -3.52. The normalized spacial score (nSPS) is 21.6. The third-order valence-corrected chi connectivity index (χ3v) is 4.15. The molecule has 0 aromatic heterocycles. The summed E-state index contributed by atoms with van der Waals surface area (Å²) in [6.07, 6.45) is 0. The van der Waals surface area contributed by atoms with Crippen molar-refractivity contribution in [2.45, 2.75) is 17.9 Å². The van der Waals surface area contributed by atoms with Crippen LogP contribution < -0.4 is 14.8 Å². The van der Waals surface area contributed by atoms with E-state index in [2.05, 4.69) is 10.0 Å². The highest BCUT2D eigenvalue weighted by Gasteiger charge is 2.26. The number of nitrogens with one attached hydrogen (secondary N) is 2. The number of hydrogen-bond acceptors (Lipinski definition) is 5. The van der Waals surface area contributed by atoms with Crippen LogP contribution in [0, 0.1) is 0 Å². The van der Waals surface area contributed by atoms with Crippen molar-refractivity contribution < 1.29 is 18.3 Å². The first-order valence-corrected chi connectivity index (χ1v) is 7.15. The molecule has 6 nitrogen and oxygen atoms in total. The molecular weight excluding hydrogens is 256 g/mol. The summed E-state index contributed by atoms with van der Waals surface area (Å²) in [6, 6.07) is 4.50. The van der Waals surface area contributed by atoms with Crippen LogP contribution >= 0.6 is 0 Å². The van der Waals surface area contributed by atoms with E-state index in [9.17, 15) is 8.42 Å². The number of anilines is 1. The van der Waals surface area contributed by atoms with E-state index in [1.54, 1.807) is 19.1 Å². The average molecular weight is 272 g/mol. The van der Waals surface area contributed by atoms with Crippen molar-refractivity contribution in [2.75, 3.05) is 25.1 Å². The van der Waals surface area contributed by atoms with Crippen LogP contribution in [0.25, 0.3) is 0 Å². The Bertz CT molecular complexity index is 530. The Morgan fingerprint density at radius 3 is 3.06 bits per heavy atom. The Morgan fingerprint density at radius 1 is 1.56 bits per heavy atom. The van der Waals surface area contributed by atoms with E-state index in [1.807, 2.05) is 0 Å². The van der Waals surface area contributed by atoms with Gasteiger partial charge < -0.3 is 15.2 Å². The zero-order valence-electron chi connectivity index (χ0n) is 10.0. The van der Waals surface area contributed by atoms with Crippen LogP contribution in [0.5, 0.6) is 5.75 Å². The van der Waals surface area contributed by atoms with Gasteiger partial charge in [-0.05, 0) is 19.1 Å². The van der Waals surface area contributed by atoms with E-state index in [0.717, 1.165) is 0 Å². The highest BCUT2D eigenvalue weighted by atomic mass is 32.2. The van der Waals surface area contributed by atoms with Gasteiger partial charge in [-0.15, -0.1) is 0 Å². The Labute approximate surface area is 106 Å². The predicted octanol–water partition coefficient (Wildman–Crippen LogP) is 0.150. The van der Waals surface area contributed by atoms with E-state index >= 15 is 0 Å².